The minimum Gasteiger partial charge on any atom is -0.320 e. The molecule has 0 aliphatic rings. The highest BCUT2D eigenvalue weighted by Crippen LogP contribution is 2.31. The molecule has 164 valence electrons. The van der Waals surface area contributed by atoms with Gasteiger partial charge in [0.05, 0.1) is 0 Å². The first kappa shape index (κ1) is 23.2. The first-order chi connectivity index (χ1) is 15.1. The quantitative estimate of drug-likeness (QED) is 0.353. The molecule has 3 aromatic carbocycles. The second kappa shape index (κ2) is 11.8. The van der Waals surface area contributed by atoms with Crippen molar-refractivity contribution in [3.63, 3.8) is 0 Å². The maximum Gasteiger partial charge on any atom is 0.131 e. The lowest BCUT2D eigenvalue weighted by Gasteiger charge is -2.20. The highest BCUT2D eigenvalue weighted by atomic mass is 19.1. The fraction of sp³-hybridized carbons (Fsp3) is 0.379. The van der Waals surface area contributed by atoms with Crippen LogP contribution in [0.2, 0.25) is 0 Å². The lowest BCUT2D eigenvalue weighted by molar-refractivity contribution is 0.440. The fourth-order valence-electron chi connectivity index (χ4n) is 4.33. The van der Waals surface area contributed by atoms with Crippen LogP contribution in [-0.2, 0) is 25.7 Å². The molecule has 1 unspecified atom stereocenters. The molecule has 31 heavy (non-hydrogen) atoms. The second-order valence-corrected chi connectivity index (χ2v) is 8.50. The van der Waals surface area contributed by atoms with E-state index >= 15 is 0 Å². The van der Waals surface area contributed by atoms with E-state index in [-0.39, 0.29) is 5.82 Å². The standard InChI is InChI=1S/C29H36FN/c1-4-22-12-14-24(15-13-22)16-17-25(18-19-31-3)21-27-10-7-11-28(30)29(27)26-9-6-8-23(5-2)20-26/h6-15,20,25,31H,4-5,16-19,21H2,1-3H3. The number of hydrogen-bond donors (Lipinski definition) is 1. The van der Waals surface area contributed by atoms with Gasteiger partial charge in [0.1, 0.15) is 5.82 Å². The minimum absolute atomic E-state index is 0.117. The zero-order valence-corrected chi connectivity index (χ0v) is 19.3. The van der Waals surface area contributed by atoms with Gasteiger partial charge in [-0.15, -0.1) is 0 Å². The van der Waals surface area contributed by atoms with E-state index in [1.807, 2.05) is 25.2 Å². The SMILES string of the molecule is CCc1ccc(CCC(CCNC)Cc2cccc(F)c2-c2cccc(CC)c2)cc1. The Morgan fingerprint density at radius 1 is 0.806 bits per heavy atom. The van der Waals surface area contributed by atoms with Crippen molar-refractivity contribution in [2.75, 3.05) is 13.6 Å². The Labute approximate surface area is 187 Å². The summed E-state index contributed by atoms with van der Waals surface area (Å²) < 4.78 is 15.0. The normalized spacial score (nSPS) is 12.1. The van der Waals surface area contributed by atoms with E-state index < -0.39 is 0 Å². The zero-order valence-electron chi connectivity index (χ0n) is 19.3. The van der Waals surface area contributed by atoms with Gasteiger partial charge < -0.3 is 5.32 Å². The van der Waals surface area contributed by atoms with Gasteiger partial charge in [-0.25, -0.2) is 4.39 Å². The van der Waals surface area contributed by atoms with Crippen LogP contribution in [0.25, 0.3) is 11.1 Å². The number of nitrogens with one attached hydrogen (secondary N) is 1. The van der Waals surface area contributed by atoms with Crippen LogP contribution in [0, 0.1) is 11.7 Å². The van der Waals surface area contributed by atoms with Gasteiger partial charge in [0.2, 0.25) is 0 Å². The van der Waals surface area contributed by atoms with Crippen molar-refractivity contribution < 1.29 is 4.39 Å². The summed E-state index contributed by atoms with van der Waals surface area (Å²) in [5.74, 6) is 0.390. The molecule has 0 saturated heterocycles. The molecule has 0 heterocycles. The number of hydrogen-bond acceptors (Lipinski definition) is 1. The van der Waals surface area contributed by atoms with E-state index in [0.29, 0.717) is 5.92 Å². The van der Waals surface area contributed by atoms with Gasteiger partial charge in [0.15, 0.2) is 0 Å². The molecular formula is C29H36FN. The van der Waals surface area contributed by atoms with Crippen molar-refractivity contribution >= 4 is 0 Å². The number of benzene rings is 3. The van der Waals surface area contributed by atoms with Gasteiger partial charge >= 0.3 is 0 Å². The maximum absolute atomic E-state index is 15.0. The highest BCUT2D eigenvalue weighted by molar-refractivity contribution is 5.68. The third-order valence-corrected chi connectivity index (χ3v) is 6.31. The van der Waals surface area contributed by atoms with Crippen LogP contribution >= 0.6 is 0 Å². The van der Waals surface area contributed by atoms with E-state index in [1.165, 1.54) is 16.7 Å². The molecular weight excluding hydrogens is 381 g/mol. The molecule has 0 saturated carbocycles. The molecule has 3 aromatic rings. The summed E-state index contributed by atoms with van der Waals surface area (Å²) in [4.78, 5) is 0. The molecule has 0 aliphatic heterocycles. The van der Waals surface area contributed by atoms with Crippen LogP contribution in [0.1, 0.15) is 48.9 Å². The summed E-state index contributed by atoms with van der Waals surface area (Å²) in [6.07, 6.45) is 6.20. The zero-order chi connectivity index (χ0) is 22.1. The Bertz CT molecular complexity index is 945. The topological polar surface area (TPSA) is 12.0 Å². The van der Waals surface area contributed by atoms with Gasteiger partial charge in [0, 0.05) is 5.56 Å². The Morgan fingerprint density at radius 3 is 2.23 bits per heavy atom. The van der Waals surface area contributed by atoms with Crippen molar-refractivity contribution in [2.45, 2.75) is 52.4 Å². The Hall–Kier alpha value is -2.45. The Kier molecular flexibility index (Phi) is 8.85. The first-order valence-electron chi connectivity index (χ1n) is 11.7. The minimum atomic E-state index is -0.117. The Balaban J connectivity index is 1.81. The smallest absolute Gasteiger partial charge is 0.131 e. The monoisotopic (exact) mass is 417 g/mol. The first-order valence-corrected chi connectivity index (χ1v) is 11.7. The van der Waals surface area contributed by atoms with Crippen molar-refractivity contribution in [3.05, 3.63) is 94.8 Å². The lowest BCUT2D eigenvalue weighted by Crippen LogP contribution is -2.16. The number of aryl methyl sites for hydroxylation is 3. The molecule has 1 nitrogen and oxygen atoms in total. The van der Waals surface area contributed by atoms with E-state index in [0.717, 1.165) is 61.8 Å². The van der Waals surface area contributed by atoms with Gasteiger partial charge in [-0.2, -0.15) is 0 Å². The van der Waals surface area contributed by atoms with E-state index in [9.17, 15) is 4.39 Å². The van der Waals surface area contributed by atoms with Gasteiger partial charge in [-0.05, 0) is 91.9 Å². The summed E-state index contributed by atoms with van der Waals surface area (Å²) >= 11 is 0. The van der Waals surface area contributed by atoms with E-state index in [4.69, 9.17) is 0 Å². The predicted octanol–water partition coefficient (Wildman–Crippen LogP) is 7.02. The van der Waals surface area contributed by atoms with E-state index in [2.05, 4.69) is 61.6 Å². The molecule has 0 aliphatic carbocycles. The molecule has 1 atom stereocenters. The van der Waals surface area contributed by atoms with Crippen LogP contribution in [0.5, 0.6) is 0 Å². The van der Waals surface area contributed by atoms with E-state index in [1.54, 1.807) is 6.07 Å². The summed E-state index contributed by atoms with van der Waals surface area (Å²) in [6.45, 7) is 5.31. The number of halogens is 1. The molecule has 0 radical (unpaired) electrons. The van der Waals surface area contributed by atoms with Crippen LogP contribution in [-0.4, -0.2) is 13.6 Å². The van der Waals surface area contributed by atoms with Crippen molar-refractivity contribution in [1.29, 1.82) is 0 Å². The molecule has 0 aromatic heterocycles. The largest absolute Gasteiger partial charge is 0.320 e. The summed E-state index contributed by atoms with van der Waals surface area (Å²) in [6, 6.07) is 22.9. The van der Waals surface area contributed by atoms with Crippen molar-refractivity contribution in [3.8, 4) is 11.1 Å². The average molecular weight is 418 g/mol. The second-order valence-electron chi connectivity index (χ2n) is 8.50. The third kappa shape index (κ3) is 6.51. The predicted molar refractivity (Wildman–Crippen MR) is 131 cm³/mol. The van der Waals surface area contributed by atoms with Gasteiger partial charge in [0.25, 0.3) is 0 Å². The highest BCUT2D eigenvalue weighted by Gasteiger charge is 2.16. The number of rotatable bonds is 11. The summed E-state index contributed by atoms with van der Waals surface area (Å²) in [5.41, 5.74) is 6.91. The summed E-state index contributed by atoms with van der Waals surface area (Å²) in [7, 11) is 2.00. The van der Waals surface area contributed by atoms with Crippen LogP contribution in [0.4, 0.5) is 4.39 Å². The van der Waals surface area contributed by atoms with Crippen molar-refractivity contribution in [2.24, 2.45) is 5.92 Å². The maximum atomic E-state index is 15.0. The molecule has 1 N–H and O–H groups in total. The van der Waals surface area contributed by atoms with Crippen molar-refractivity contribution in [1.82, 2.24) is 5.32 Å². The molecule has 0 amide bonds. The molecule has 0 fully saturated rings. The third-order valence-electron chi connectivity index (χ3n) is 6.31. The van der Waals surface area contributed by atoms with Crippen LogP contribution in [0.3, 0.4) is 0 Å². The van der Waals surface area contributed by atoms with Crippen LogP contribution in [0.15, 0.2) is 66.7 Å². The lowest BCUT2D eigenvalue weighted by atomic mass is 9.86. The van der Waals surface area contributed by atoms with Gasteiger partial charge in [-0.3, -0.25) is 0 Å². The molecule has 0 bridgehead atoms. The Morgan fingerprint density at radius 2 is 1.52 bits per heavy atom. The van der Waals surface area contributed by atoms with Crippen LogP contribution < -0.4 is 5.32 Å². The average Bonchev–Trinajstić information content (AvgIpc) is 2.81. The summed E-state index contributed by atoms with van der Waals surface area (Å²) in [5, 5.41) is 3.30. The molecule has 0 spiro atoms. The molecule has 3 rings (SSSR count). The molecule has 2 heteroatoms. The fourth-order valence-corrected chi connectivity index (χ4v) is 4.33. The van der Waals surface area contributed by atoms with Gasteiger partial charge in [-0.1, -0.05) is 74.5 Å².